The topological polar surface area (TPSA) is 182 Å². The maximum atomic E-state index is 13.9. The van der Waals surface area contributed by atoms with E-state index in [1.807, 2.05) is 6.07 Å². The molecule has 3 N–H and O–H groups in total. The van der Waals surface area contributed by atoms with E-state index in [4.69, 9.17) is 18.5 Å². The first-order valence-corrected chi connectivity index (χ1v) is 14.7. The van der Waals surface area contributed by atoms with Crippen LogP contribution in [0.4, 0.5) is 4.39 Å². The van der Waals surface area contributed by atoms with Gasteiger partial charge in [0.25, 0.3) is 5.56 Å². The van der Waals surface area contributed by atoms with Gasteiger partial charge < -0.3 is 19.1 Å². The Morgan fingerprint density at radius 3 is 2.61 bits per heavy atom. The van der Waals surface area contributed by atoms with Gasteiger partial charge >= 0.3 is 19.4 Å². The molecule has 2 heterocycles. The van der Waals surface area contributed by atoms with Crippen molar-refractivity contribution >= 4 is 13.7 Å². The minimum Gasteiger partial charge on any atom is -0.461 e. The molecule has 1 aliphatic carbocycles. The van der Waals surface area contributed by atoms with Gasteiger partial charge in [0, 0.05) is 12.3 Å². The third-order valence-corrected chi connectivity index (χ3v) is 8.76. The molecular formula is C26H32FN4O9P. The number of hydrogen-bond acceptors (Lipinski definition) is 10. The van der Waals surface area contributed by atoms with Gasteiger partial charge in [-0.3, -0.25) is 23.7 Å². The van der Waals surface area contributed by atoms with Crippen LogP contribution in [0.5, 0.6) is 5.75 Å². The third-order valence-electron chi connectivity index (χ3n) is 7.12. The molecule has 2 aliphatic rings. The van der Waals surface area contributed by atoms with Gasteiger partial charge in [-0.15, -0.1) is 0 Å². The normalized spacial score (nSPS) is 27.0. The lowest BCUT2D eigenvalue weighted by Crippen LogP contribution is -2.41. The third kappa shape index (κ3) is 7.12. The number of aromatic amines is 1. The summed E-state index contributed by atoms with van der Waals surface area (Å²) in [7, 11) is -4.42. The summed E-state index contributed by atoms with van der Waals surface area (Å²) >= 11 is 0. The van der Waals surface area contributed by atoms with Crippen molar-refractivity contribution in [2.45, 2.75) is 76.5 Å². The van der Waals surface area contributed by atoms with E-state index in [2.05, 4.69) is 10.1 Å². The molecular weight excluding hydrogens is 562 g/mol. The Morgan fingerprint density at radius 1 is 1.29 bits per heavy atom. The molecule has 0 spiro atoms. The number of aliphatic hydroxyl groups excluding tert-OH is 1. The lowest BCUT2D eigenvalue weighted by molar-refractivity contribution is -0.152. The summed E-state index contributed by atoms with van der Waals surface area (Å²) < 4.78 is 50.7. The van der Waals surface area contributed by atoms with Gasteiger partial charge in [-0.25, -0.2) is 13.8 Å². The van der Waals surface area contributed by atoms with E-state index in [-0.39, 0.29) is 11.9 Å². The van der Waals surface area contributed by atoms with Crippen molar-refractivity contribution in [1.82, 2.24) is 14.6 Å². The smallest absolute Gasteiger partial charge is 0.459 e. The van der Waals surface area contributed by atoms with Crippen LogP contribution in [-0.2, 0) is 23.4 Å². The second-order valence-electron chi connectivity index (χ2n) is 10.3. The number of nitrogens with zero attached hydrogens (tertiary/aromatic N) is 2. The lowest BCUT2D eigenvalue weighted by Gasteiger charge is -2.27. The summed E-state index contributed by atoms with van der Waals surface area (Å²) in [5.41, 5.74) is -3.21. The molecule has 0 amide bonds. The molecule has 13 nitrogen and oxygen atoms in total. The highest BCUT2D eigenvalue weighted by molar-refractivity contribution is 7.52. The van der Waals surface area contributed by atoms with Crippen LogP contribution in [0, 0.1) is 22.6 Å². The molecule has 2 aromatic rings. The largest absolute Gasteiger partial charge is 0.461 e. The summed E-state index contributed by atoms with van der Waals surface area (Å²) in [5.74, 6) is -1.27. The highest BCUT2D eigenvalue weighted by Crippen LogP contribution is 2.48. The Balaban J connectivity index is 1.52. The molecule has 15 heteroatoms. The summed E-state index contributed by atoms with van der Waals surface area (Å²) in [6, 6.07) is 6.44. The number of rotatable bonds is 10. The van der Waals surface area contributed by atoms with Crippen molar-refractivity contribution < 1.29 is 37.4 Å². The van der Waals surface area contributed by atoms with Crippen LogP contribution in [0.2, 0.25) is 0 Å². The van der Waals surface area contributed by atoms with Gasteiger partial charge in [0.2, 0.25) is 0 Å². The maximum absolute atomic E-state index is 13.9. The van der Waals surface area contributed by atoms with Crippen molar-refractivity contribution in [3.05, 3.63) is 63.2 Å². The van der Waals surface area contributed by atoms with Gasteiger partial charge in [-0.1, -0.05) is 6.42 Å². The molecule has 6 atom stereocenters. The number of halogens is 1. The van der Waals surface area contributed by atoms with E-state index in [1.165, 1.54) is 26.0 Å². The number of esters is 1. The number of hydrogen-bond donors (Lipinski definition) is 3. The Kier molecular flexibility index (Phi) is 9.46. The zero-order chi connectivity index (χ0) is 29.8. The molecule has 1 aromatic carbocycles. The summed E-state index contributed by atoms with van der Waals surface area (Å²) in [6.07, 6.45) is 1.10. The second-order valence-corrected chi connectivity index (χ2v) is 12.0. The van der Waals surface area contributed by atoms with Gasteiger partial charge in [-0.2, -0.15) is 10.3 Å². The van der Waals surface area contributed by atoms with Gasteiger partial charge in [-0.05, 0) is 63.8 Å². The SMILES string of the molecule is C[C@H](NP(=O)(OCC1O[C@@H](n2ccc(=O)[nH]c2=O)[C@](C)(C#N)[C@@H]1O)Oc1ccc(F)cc1)C(=O)OC1CCCCC1. The molecule has 1 saturated carbocycles. The Bertz CT molecular complexity index is 1440. The number of carbonyl (C=O) groups excluding carboxylic acids is 1. The first kappa shape index (κ1) is 30.6. The highest BCUT2D eigenvalue weighted by atomic mass is 31.2. The Labute approximate surface area is 234 Å². The van der Waals surface area contributed by atoms with Gasteiger partial charge in [0.1, 0.15) is 41.3 Å². The Hall–Kier alpha value is -3.34. The van der Waals surface area contributed by atoms with E-state index in [0.29, 0.717) is 0 Å². The number of ether oxygens (including phenoxy) is 2. The molecule has 0 radical (unpaired) electrons. The molecule has 2 unspecified atom stereocenters. The number of carbonyl (C=O) groups is 1. The van der Waals surface area contributed by atoms with Crippen LogP contribution >= 0.6 is 7.75 Å². The molecule has 1 saturated heterocycles. The van der Waals surface area contributed by atoms with Crippen molar-refractivity contribution in [2.75, 3.05) is 6.61 Å². The maximum Gasteiger partial charge on any atom is 0.459 e. The highest BCUT2D eigenvalue weighted by Gasteiger charge is 2.55. The van der Waals surface area contributed by atoms with E-state index in [9.17, 15) is 33.7 Å². The van der Waals surface area contributed by atoms with Crippen LogP contribution in [0.15, 0.2) is 46.1 Å². The lowest BCUT2D eigenvalue weighted by atomic mass is 9.84. The molecule has 2 fully saturated rings. The minimum atomic E-state index is -4.42. The summed E-state index contributed by atoms with van der Waals surface area (Å²) in [4.78, 5) is 38.7. The number of H-pyrrole nitrogens is 1. The number of nitrogens with one attached hydrogen (secondary N) is 2. The minimum absolute atomic E-state index is 0.0394. The van der Waals surface area contributed by atoms with Crippen molar-refractivity contribution in [3.8, 4) is 11.8 Å². The van der Waals surface area contributed by atoms with Crippen LogP contribution < -0.4 is 20.9 Å². The second kappa shape index (κ2) is 12.7. The standard InChI is InChI=1S/C26H32FN4O9P/c1-16(23(34)38-18-6-4-3-5-7-18)30-41(36,40-19-10-8-17(27)9-11-19)37-14-20-22(33)26(2,15-28)24(39-20)31-13-12-21(32)29-25(31)35/h8-13,16,18,20,22,24,33H,3-7,14H2,1-2H3,(H,30,36)(H,29,32,35)/t16-,20?,22+,24+,26+,41?/m0/s1. The molecule has 1 aromatic heterocycles. The quantitative estimate of drug-likeness (QED) is 0.272. The predicted molar refractivity (Wildman–Crippen MR) is 141 cm³/mol. The van der Waals surface area contributed by atoms with Crippen LogP contribution in [0.25, 0.3) is 0 Å². The average Bonchev–Trinajstić information content (AvgIpc) is 3.19. The molecule has 0 bridgehead atoms. The molecule has 41 heavy (non-hydrogen) atoms. The fraction of sp³-hybridized carbons (Fsp3) is 0.538. The van der Waals surface area contributed by atoms with E-state index in [0.717, 1.165) is 61.1 Å². The van der Waals surface area contributed by atoms with Crippen LogP contribution in [0.3, 0.4) is 0 Å². The predicted octanol–water partition coefficient (Wildman–Crippen LogP) is 2.52. The number of benzene rings is 1. The van der Waals surface area contributed by atoms with E-state index in [1.54, 1.807) is 0 Å². The summed E-state index contributed by atoms with van der Waals surface area (Å²) in [6.45, 7) is 2.17. The number of nitriles is 1. The van der Waals surface area contributed by atoms with E-state index >= 15 is 0 Å². The fourth-order valence-corrected chi connectivity index (χ4v) is 6.27. The molecule has 4 rings (SSSR count). The average molecular weight is 595 g/mol. The Morgan fingerprint density at radius 2 is 1.98 bits per heavy atom. The molecule has 1 aliphatic heterocycles. The first-order chi connectivity index (χ1) is 19.4. The van der Waals surface area contributed by atoms with Crippen molar-refractivity contribution in [2.24, 2.45) is 5.41 Å². The fourth-order valence-electron chi connectivity index (χ4n) is 4.77. The summed E-state index contributed by atoms with van der Waals surface area (Å²) in [5, 5.41) is 23.4. The van der Waals surface area contributed by atoms with Gasteiger partial charge in [0.15, 0.2) is 6.23 Å². The monoisotopic (exact) mass is 594 g/mol. The first-order valence-electron chi connectivity index (χ1n) is 13.2. The van der Waals surface area contributed by atoms with Crippen molar-refractivity contribution in [1.29, 1.82) is 5.26 Å². The van der Waals surface area contributed by atoms with Crippen LogP contribution in [-0.4, -0.2) is 51.6 Å². The van der Waals surface area contributed by atoms with Crippen molar-refractivity contribution in [3.63, 3.8) is 0 Å². The van der Waals surface area contributed by atoms with E-state index < -0.39 is 67.3 Å². The van der Waals surface area contributed by atoms with Crippen LogP contribution in [0.1, 0.15) is 52.2 Å². The number of aromatic nitrogens is 2. The number of aliphatic hydroxyl groups is 1. The zero-order valence-electron chi connectivity index (χ0n) is 22.5. The van der Waals surface area contributed by atoms with Gasteiger partial charge in [0.05, 0.1) is 12.7 Å². The zero-order valence-corrected chi connectivity index (χ0v) is 23.4. The molecule has 222 valence electrons.